The van der Waals surface area contributed by atoms with Crippen molar-refractivity contribution in [3.8, 4) is 11.5 Å². The number of carbonyl (C=O) groups excluding carboxylic acids is 1. The summed E-state index contributed by atoms with van der Waals surface area (Å²) in [5.41, 5.74) is 2.21. The summed E-state index contributed by atoms with van der Waals surface area (Å²) < 4.78 is 3.58. The van der Waals surface area contributed by atoms with Crippen LogP contribution in [0, 0.1) is 5.92 Å². The third kappa shape index (κ3) is 3.22. The van der Waals surface area contributed by atoms with E-state index in [0.29, 0.717) is 11.6 Å². The van der Waals surface area contributed by atoms with Gasteiger partial charge < -0.3 is 9.47 Å². The summed E-state index contributed by atoms with van der Waals surface area (Å²) in [6, 6.07) is 1.76. The fourth-order valence-corrected chi connectivity index (χ4v) is 3.40. The maximum absolute atomic E-state index is 12.5. The number of rotatable bonds is 4. The Bertz CT molecular complexity index is 929. The molecule has 8 heteroatoms. The molecule has 0 N–H and O–H groups in total. The maximum atomic E-state index is 12.5. The van der Waals surface area contributed by atoms with Crippen molar-refractivity contribution in [3.05, 3.63) is 48.4 Å². The van der Waals surface area contributed by atoms with E-state index in [9.17, 15) is 4.79 Å². The van der Waals surface area contributed by atoms with Crippen molar-refractivity contribution in [2.75, 3.05) is 13.1 Å². The average Bonchev–Trinajstić information content (AvgIpc) is 3.36. The molecule has 4 heterocycles. The minimum Gasteiger partial charge on any atom is -0.337 e. The molecule has 4 rings (SSSR count). The van der Waals surface area contributed by atoms with Gasteiger partial charge in [0.15, 0.2) is 5.82 Å². The van der Waals surface area contributed by atoms with Gasteiger partial charge in [0.2, 0.25) is 0 Å². The van der Waals surface area contributed by atoms with Gasteiger partial charge in [0.25, 0.3) is 5.91 Å². The molecule has 3 aromatic rings. The molecule has 1 unspecified atom stereocenters. The van der Waals surface area contributed by atoms with Crippen LogP contribution >= 0.6 is 0 Å². The third-order valence-electron chi connectivity index (χ3n) is 4.74. The van der Waals surface area contributed by atoms with Gasteiger partial charge in [-0.15, -0.1) is 0 Å². The largest absolute Gasteiger partial charge is 0.337 e. The first-order chi connectivity index (χ1) is 12.6. The molecule has 1 atom stereocenters. The Morgan fingerprint density at radius 2 is 2.15 bits per heavy atom. The van der Waals surface area contributed by atoms with Crippen LogP contribution in [0.2, 0.25) is 0 Å². The van der Waals surface area contributed by atoms with Crippen LogP contribution in [0.3, 0.4) is 0 Å². The first-order valence-corrected chi connectivity index (χ1v) is 8.67. The Morgan fingerprint density at radius 1 is 1.27 bits per heavy atom. The normalized spacial score (nSPS) is 17.0. The van der Waals surface area contributed by atoms with Crippen molar-refractivity contribution in [2.45, 2.75) is 12.8 Å². The lowest BCUT2D eigenvalue weighted by atomic mass is 10.0. The van der Waals surface area contributed by atoms with Crippen molar-refractivity contribution in [3.63, 3.8) is 0 Å². The Balaban J connectivity index is 1.43. The molecule has 0 bridgehead atoms. The minimum absolute atomic E-state index is 0.000875. The fraction of sp³-hybridized carbons (Fsp3) is 0.389. The first-order valence-electron chi connectivity index (χ1n) is 8.67. The number of carbonyl (C=O) groups is 1. The monoisotopic (exact) mass is 351 g/mol. The van der Waals surface area contributed by atoms with Gasteiger partial charge in [0.05, 0.1) is 11.9 Å². The molecule has 3 aromatic heterocycles. The predicted molar refractivity (Wildman–Crippen MR) is 95.2 cm³/mol. The van der Waals surface area contributed by atoms with E-state index in [1.54, 1.807) is 35.5 Å². The van der Waals surface area contributed by atoms with E-state index in [1.165, 1.54) is 0 Å². The quantitative estimate of drug-likeness (QED) is 0.708. The second kappa shape index (κ2) is 6.70. The lowest BCUT2D eigenvalue weighted by molar-refractivity contribution is 0.0780. The highest BCUT2D eigenvalue weighted by atomic mass is 16.2. The van der Waals surface area contributed by atoms with E-state index < -0.39 is 0 Å². The number of hydrogen-bond donors (Lipinski definition) is 0. The number of amides is 1. The molecule has 1 amide bonds. The van der Waals surface area contributed by atoms with Gasteiger partial charge in [-0.25, -0.2) is 9.97 Å². The Morgan fingerprint density at radius 3 is 2.88 bits per heavy atom. The molecular weight excluding hydrogens is 330 g/mol. The van der Waals surface area contributed by atoms with Gasteiger partial charge in [0, 0.05) is 52.0 Å². The molecule has 26 heavy (non-hydrogen) atoms. The molecule has 1 fully saturated rings. The summed E-state index contributed by atoms with van der Waals surface area (Å²) in [6.45, 7) is 1.48. The number of aromatic nitrogens is 6. The SMILES string of the molecule is Cn1ccc(C(=O)N2CCC(Cc3cncc(-c4nccn4C)n3)C2)n1. The van der Waals surface area contributed by atoms with E-state index in [2.05, 4.69) is 15.1 Å². The Hall–Kier alpha value is -3.03. The molecule has 0 aromatic carbocycles. The molecule has 0 aliphatic carbocycles. The fourth-order valence-electron chi connectivity index (χ4n) is 3.40. The summed E-state index contributed by atoms with van der Waals surface area (Å²) in [7, 11) is 3.76. The average molecular weight is 351 g/mol. The van der Waals surface area contributed by atoms with Crippen molar-refractivity contribution in [1.29, 1.82) is 0 Å². The van der Waals surface area contributed by atoms with Gasteiger partial charge in [-0.05, 0) is 24.8 Å². The van der Waals surface area contributed by atoms with Crippen LogP contribution in [0.15, 0.2) is 37.1 Å². The van der Waals surface area contributed by atoms with E-state index in [1.807, 2.05) is 29.8 Å². The zero-order valence-electron chi connectivity index (χ0n) is 14.9. The van der Waals surface area contributed by atoms with Crippen LogP contribution in [0.25, 0.3) is 11.5 Å². The highest BCUT2D eigenvalue weighted by Gasteiger charge is 2.28. The highest BCUT2D eigenvalue weighted by molar-refractivity contribution is 5.92. The first kappa shape index (κ1) is 16.4. The number of imidazole rings is 1. The van der Waals surface area contributed by atoms with Gasteiger partial charge in [-0.3, -0.25) is 14.5 Å². The molecule has 1 saturated heterocycles. The number of nitrogens with zero attached hydrogens (tertiary/aromatic N) is 7. The van der Waals surface area contributed by atoms with Crippen LogP contribution in [-0.4, -0.2) is 53.2 Å². The molecule has 0 radical (unpaired) electrons. The smallest absolute Gasteiger partial charge is 0.274 e. The van der Waals surface area contributed by atoms with Gasteiger partial charge in [-0.2, -0.15) is 5.10 Å². The molecule has 1 aliphatic rings. The Kier molecular flexibility index (Phi) is 4.24. The minimum atomic E-state index is 0.000875. The zero-order chi connectivity index (χ0) is 18.1. The summed E-state index contributed by atoms with van der Waals surface area (Å²) in [4.78, 5) is 27.7. The summed E-state index contributed by atoms with van der Waals surface area (Å²) in [5.74, 6) is 1.19. The van der Waals surface area contributed by atoms with Crippen LogP contribution in [-0.2, 0) is 20.5 Å². The lowest BCUT2D eigenvalue weighted by Crippen LogP contribution is -2.29. The van der Waals surface area contributed by atoms with E-state index in [-0.39, 0.29) is 5.91 Å². The molecule has 8 nitrogen and oxygen atoms in total. The van der Waals surface area contributed by atoms with E-state index in [0.717, 1.165) is 43.1 Å². The molecule has 0 saturated carbocycles. The molecular formula is C18H21N7O. The summed E-state index contributed by atoms with van der Waals surface area (Å²) in [6.07, 6.45) is 10.7. The standard InChI is InChI=1S/C18H21N7O/c1-23-8-5-20-17(23)16-11-19-10-14(21-16)9-13-3-7-25(12-13)18(26)15-4-6-24(2)22-15/h4-6,8,10-11,13H,3,7,9,12H2,1-2H3. The topological polar surface area (TPSA) is 81.7 Å². The molecule has 0 spiro atoms. The number of aryl methyl sites for hydroxylation is 2. The second-order valence-corrected chi connectivity index (χ2v) is 6.74. The van der Waals surface area contributed by atoms with Gasteiger partial charge >= 0.3 is 0 Å². The van der Waals surface area contributed by atoms with E-state index in [4.69, 9.17) is 4.98 Å². The Labute approximate surface area is 151 Å². The van der Waals surface area contributed by atoms with Crippen molar-refractivity contribution >= 4 is 5.91 Å². The van der Waals surface area contributed by atoms with Crippen molar-refractivity contribution in [2.24, 2.45) is 20.0 Å². The predicted octanol–water partition coefficient (Wildman–Crippen LogP) is 1.32. The van der Waals surface area contributed by atoms with Gasteiger partial charge in [-0.1, -0.05) is 0 Å². The van der Waals surface area contributed by atoms with E-state index >= 15 is 0 Å². The molecule has 1 aliphatic heterocycles. The second-order valence-electron chi connectivity index (χ2n) is 6.74. The molecule has 134 valence electrons. The zero-order valence-corrected chi connectivity index (χ0v) is 14.9. The van der Waals surface area contributed by atoms with Crippen LogP contribution < -0.4 is 0 Å². The van der Waals surface area contributed by atoms with Crippen molar-refractivity contribution < 1.29 is 4.79 Å². The lowest BCUT2D eigenvalue weighted by Gasteiger charge is -2.15. The van der Waals surface area contributed by atoms with Gasteiger partial charge in [0.1, 0.15) is 11.4 Å². The van der Waals surface area contributed by atoms with Crippen LogP contribution in [0.5, 0.6) is 0 Å². The number of likely N-dealkylation sites (tertiary alicyclic amines) is 1. The summed E-state index contributed by atoms with van der Waals surface area (Å²) in [5, 5.41) is 4.21. The van der Waals surface area contributed by atoms with Crippen LogP contribution in [0.4, 0.5) is 0 Å². The third-order valence-corrected chi connectivity index (χ3v) is 4.74. The summed E-state index contributed by atoms with van der Waals surface area (Å²) >= 11 is 0. The maximum Gasteiger partial charge on any atom is 0.274 e. The highest BCUT2D eigenvalue weighted by Crippen LogP contribution is 2.22. The number of hydrogen-bond acceptors (Lipinski definition) is 5. The van der Waals surface area contributed by atoms with Crippen LogP contribution in [0.1, 0.15) is 22.6 Å². The van der Waals surface area contributed by atoms with Crippen molar-refractivity contribution in [1.82, 2.24) is 34.2 Å².